The third-order valence-corrected chi connectivity index (χ3v) is 4.03. The van der Waals surface area contributed by atoms with Crippen LogP contribution in [0.3, 0.4) is 0 Å². The van der Waals surface area contributed by atoms with Crippen LogP contribution in [-0.4, -0.2) is 47.3 Å². The van der Waals surface area contributed by atoms with Crippen LogP contribution in [0.1, 0.15) is 39.5 Å². The van der Waals surface area contributed by atoms with Crippen molar-refractivity contribution in [3.05, 3.63) is 0 Å². The Bertz CT molecular complexity index is 268. The number of ether oxygens (including phenoxy) is 1. The highest BCUT2D eigenvalue weighted by Crippen LogP contribution is 2.36. The molecule has 0 radical (unpaired) electrons. The van der Waals surface area contributed by atoms with Gasteiger partial charge in [0.2, 0.25) is 0 Å². The summed E-state index contributed by atoms with van der Waals surface area (Å²) < 4.78 is 5.04. The molecule has 17 heavy (non-hydrogen) atoms. The van der Waals surface area contributed by atoms with E-state index in [4.69, 9.17) is 4.74 Å². The first kappa shape index (κ1) is 12.8. The van der Waals surface area contributed by atoms with Crippen LogP contribution in [-0.2, 0) is 9.53 Å². The first-order chi connectivity index (χ1) is 8.11. The van der Waals surface area contributed by atoms with Gasteiger partial charge in [0.1, 0.15) is 0 Å². The quantitative estimate of drug-likeness (QED) is 0.751. The van der Waals surface area contributed by atoms with Gasteiger partial charge in [-0.05, 0) is 32.6 Å². The number of aliphatic hydroxyl groups is 1. The molecule has 2 rings (SSSR count). The first-order valence-electron chi connectivity index (χ1n) is 6.72. The Hall–Kier alpha value is -0.610. The van der Waals surface area contributed by atoms with Gasteiger partial charge in [0.25, 0.3) is 0 Å². The lowest BCUT2D eigenvalue weighted by Gasteiger charge is -2.38. The Labute approximate surface area is 103 Å². The minimum atomic E-state index is -0.137. The smallest absolute Gasteiger partial charge is 0.309 e. The van der Waals surface area contributed by atoms with Gasteiger partial charge in [-0.2, -0.15) is 0 Å². The van der Waals surface area contributed by atoms with E-state index in [1.165, 1.54) is 0 Å². The van der Waals surface area contributed by atoms with Crippen LogP contribution in [0.4, 0.5) is 0 Å². The molecule has 2 heterocycles. The number of rotatable bonds is 4. The Balaban J connectivity index is 1.89. The highest BCUT2D eigenvalue weighted by Gasteiger charge is 2.41. The molecule has 2 aliphatic heterocycles. The van der Waals surface area contributed by atoms with E-state index in [1.807, 2.05) is 13.8 Å². The van der Waals surface area contributed by atoms with Gasteiger partial charge in [-0.1, -0.05) is 6.92 Å². The maximum Gasteiger partial charge on any atom is 0.309 e. The zero-order valence-electron chi connectivity index (χ0n) is 10.8. The highest BCUT2D eigenvalue weighted by atomic mass is 16.5. The summed E-state index contributed by atoms with van der Waals surface area (Å²) in [6.45, 7) is 5.00. The van der Waals surface area contributed by atoms with Gasteiger partial charge in [-0.3, -0.25) is 9.69 Å². The molecule has 1 N–H and O–H groups in total. The van der Waals surface area contributed by atoms with Gasteiger partial charge in [0, 0.05) is 18.6 Å². The van der Waals surface area contributed by atoms with Gasteiger partial charge in [0.05, 0.1) is 18.6 Å². The monoisotopic (exact) mass is 241 g/mol. The molecule has 2 fully saturated rings. The van der Waals surface area contributed by atoms with E-state index in [0.29, 0.717) is 18.7 Å². The number of carbonyl (C=O) groups is 1. The van der Waals surface area contributed by atoms with Crippen molar-refractivity contribution in [1.29, 1.82) is 0 Å². The van der Waals surface area contributed by atoms with Crippen molar-refractivity contribution in [3.63, 3.8) is 0 Å². The van der Waals surface area contributed by atoms with Crippen molar-refractivity contribution in [2.24, 2.45) is 5.92 Å². The van der Waals surface area contributed by atoms with Gasteiger partial charge >= 0.3 is 5.97 Å². The molecule has 0 aliphatic carbocycles. The molecule has 4 nitrogen and oxygen atoms in total. The predicted octanol–water partition coefficient (Wildman–Crippen LogP) is 1.17. The fraction of sp³-hybridized carbons (Fsp3) is 0.923. The normalized spacial score (nSPS) is 34.6. The molecular formula is C13H23NO3. The van der Waals surface area contributed by atoms with E-state index in [-0.39, 0.29) is 18.0 Å². The number of piperidine rings is 1. The molecule has 0 amide bonds. The van der Waals surface area contributed by atoms with Crippen LogP contribution < -0.4 is 0 Å². The zero-order chi connectivity index (χ0) is 12.4. The lowest BCUT2D eigenvalue weighted by Crippen LogP contribution is -2.47. The Morgan fingerprint density at radius 3 is 2.53 bits per heavy atom. The number of nitrogens with zero attached hydrogens (tertiary/aromatic N) is 1. The van der Waals surface area contributed by atoms with Crippen LogP contribution >= 0.6 is 0 Å². The highest BCUT2D eigenvalue weighted by molar-refractivity contribution is 5.72. The molecule has 0 spiro atoms. The fourth-order valence-electron chi connectivity index (χ4n) is 3.22. The number of carbonyl (C=O) groups excluding carboxylic acids is 1. The van der Waals surface area contributed by atoms with Crippen molar-refractivity contribution in [2.75, 3.05) is 13.2 Å². The van der Waals surface area contributed by atoms with Gasteiger partial charge in [-0.25, -0.2) is 0 Å². The summed E-state index contributed by atoms with van der Waals surface area (Å²) >= 11 is 0. The lowest BCUT2D eigenvalue weighted by atomic mass is 9.98. The second-order valence-electron chi connectivity index (χ2n) is 5.36. The largest absolute Gasteiger partial charge is 0.466 e. The Kier molecular flexibility index (Phi) is 4.05. The van der Waals surface area contributed by atoms with E-state index in [2.05, 4.69) is 4.90 Å². The van der Waals surface area contributed by atoms with Crippen molar-refractivity contribution < 1.29 is 14.6 Å². The number of esters is 1. The summed E-state index contributed by atoms with van der Waals surface area (Å²) in [5, 5.41) is 9.72. The second kappa shape index (κ2) is 5.36. The van der Waals surface area contributed by atoms with Crippen molar-refractivity contribution >= 4 is 5.97 Å². The van der Waals surface area contributed by atoms with Gasteiger partial charge < -0.3 is 9.84 Å². The van der Waals surface area contributed by atoms with Crippen LogP contribution in [0.15, 0.2) is 0 Å². The average molecular weight is 241 g/mol. The number of aliphatic hydroxyl groups excluding tert-OH is 1. The summed E-state index contributed by atoms with van der Waals surface area (Å²) in [6, 6.07) is 0.946. The number of fused-ring (bicyclic) bond motifs is 2. The first-order valence-corrected chi connectivity index (χ1v) is 6.72. The molecule has 2 saturated heterocycles. The molecule has 2 aliphatic rings. The minimum Gasteiger partial charge on any atom is -0.466 e. The molecule has 98 valence electrons. The van der Waals surface area contributed by atoms with Crippen LogP contribution in [0.25, 0.3) is 0 Å². The molecule has 3 atom stereocenters. The van der Waals surface area contributed by atoms with E-state index in [0.717, 1.165) is 32.2 Å². The van der Waals surface area contributed by atoms with E-state index < -0.39 is 0 Å². The molecule has 0 aromatic rings. The van der Waals surface area contributed by atoms with Crippen LogP contribution in [0.2, 0.25) is 0 Å². The predicted molar refractivity (Wildman–Crippen MR) is 64.6 cm³/mol. The number of hydrogen-bond donors (Lipinski definition) is 1. The van der Waals surface area contributed by atoms with Gasteiger partial charge in [-0.15, -0.1) is 0 Å². The summed E-state index contributed by atoms with van der Waals surface area (Å²) in [5.74, 6) is -0.161. The third kappa shape index (κ3) is 2.80. The zero-order valence-corrected chi connectivity index (χ0v) is 10.8. The summed E-state index contributed by atoms with van der Waals surface area (Å²) in [6.07, 6.45) is 3.92. The Morgan fingerprint density at radius 2 is 2.00 bits per heavy atom. The van der Waals surface area contributed by atoms with E-state index >= 15 is 0 Å². The summed E-state index contributed by atoms with van der Waals surface area (Å²) in [5.41, 5.74) is 0. The lowest BCUT2D eigenvalue weighted by molar-refractivity contribution is -0.148. The maximum absolute atomic E-state index is 11.6. The number of hydrogen-bond acceptors (Lipinski definition) is 4. The van der Waals surface area contributed by atoms with Crippen molar-refractivity contribution in [3.8, 4) is 0 Å². The minimum absolute atomic E-state index is 0.0618. The van der Waals surface area contributed by atoms with E-state index in [1.54, 1.807) is 0 Å². The molecule has 0 saturated carbocycles. The molecular weight excluding hydrogens is 218 g/mol. The van der Waals surface area contributed by atoms with Crippen LogP contribution in [0, 0.1) is 5.92 Å². The third-order valence-electron chi connectivity index (χ3n) is 4.03. The maximum atomic E-state index is 11.6. The average Bonchev–Trinajstić information content (AvgIpc) is 2.52. The second-order valence-corrected chi connectivity index (χ2v) is 5.36. The van der Waals surface area contributed by atoms with Crippen molar-refractivity contribution in [2.45, 2.75) is 57.7 Å². The summed E-state index contributed by atoms with van der Waals surface area (Å²) in [4.78, 5) is 14.0. The standard InChI is InChI=1S/C13H23NO3/c1-3-17-13(16)9(2)8-14-10-4-5-11(14)7-12(15)6-10/h9-12,15H,3-8H2,1-2H3/t9-,10-,11-/m1/s1. The van der Waals surface area contributed by atoms with Gasteiger partial charge in [0.15, 0.2) is 0 Å². The van der Waals surface area contributed by atoms with E-state index in [9.17, 15) is 9.90 Å². The molecule has 0 aromatic heterocycles. The molecule has 4 heteroatoms. The summed E-state index contributed by atoms with van der Waals surface area (Å²) in [7, 11) is 0. The Morgan fingerprint density at radius 1 is 1.41 bits per heavy atom. The fourth-order valence-corrected chi connectivity index (χ4v) is 3.22. The van der Waals surface area contributed by atoms with Crippen molar-refractivity contribution in [1.82, 2.24) is 4.90 Å². The molecule has 0 unspecified atom stereocenters. The SMILES string of the molecule is CCOC(=O)[C@H](C)CN1[C@@H]2CC[C@@H]1CC(O)C2. The topological polar surface area (TPSA) is 49.8 Å². The molecule has 0 aromatic carbocycles. The van der Waals surface area contributed by atoms with Crippen LogP contribution in [0.5, 0.6) is 0 Å². The molecule has 2 bridgehead atoms.